The number of halogens is 3. The van der Waals surface area contributed by atoms with Gasteiger partial charge in [-0.1, -0.05) is 58.6 Å². The van der Waals surface area contributed by atoms with Gasteiger partial charge in [0.1, 0.15) is 15.8 Å². The molecular weight excluding hydrogens is 431 g/mol. The minimum absolute atomic E-state index is 0.0459. The molecule has 1 saturated heterocycles. The van der Waals surface area contributed by atoms with Gasteiger partial charge in [-0.15, -0.1) is 0 Å². The Morgan fingerprint density at radius 3 is 2.41 bits per heavy atom. The molecule has 2 heterocycles. The van der Waals surface area contributed by atoms with Crippen LogP contribution in [-0.2, 0) is 4.79 Å². The first-order valence-electron chi connectivity index (χ1n) is 9.05. The molecule has 1 fully saturated rings. The van der Waals surface area contributed by atoms with Crippen molar-refractivity contribution < 1.29 is 9.53 Å². The number of nitrogens with zero attached hydrogens (tertiary/aromatic N) is 2. The van der Waals surface area contributed by atoms with Gasteiger partial charge in [-0.3, -0.25) is 9.78 Å². The lowest BCUT2D eigenvalue weighted by Crippen LogP contribution is -2.24. The third-order valence-corrected chi connectivity index (χ3v) is 5.68. The van der Waals surface area contributed by atoms with Crippen molar-refractivity contribution in [2.24, 2.45) is 0 Å². The van der Waals surface area contributed by atoms with E-state index in [9.17, 15) is 4.79 Å². The molecule has 0 saturated carbocycles. The molecule has 148 valence electrons. The number of carbonyl (C=O) groups excluding carboxylic acids is 1. The van der Waals surface area contributed by atoms with Crippen molar-refractivity contribution in [2.45, 2.75) is 19.3 Å². The molecule has 3 aromatic rings. The summed E-state index contributed by atoms with van der Waals surface area (Å²) in [5, 5.41) is 1.11. The van der Waals surface area contributed by atoms with Crippen molar-refractivity contribution >= 4 is 46.4 Å². The summed E-state index contributed by atoms with van der Waals surface area (Å²) >= 11 is 18.6. The van der Waals surface area contributed by atoms with Crippen LogP contribution in [0.3, 0.4) is 0 Å². The van der Waals surface area contributed by atoms with E-state index in [1.54, 1.807) is 17.0 Å². The van der Waals surface area contributed by atoms with Crippen LogP contribution in [0.2, 0.25) is 15.1 Å². The van der Waals surface area contributed by atoms with Gasteiger partial charge in [-0.25, -0.2) is 0 Å². The van der Waals surface area contributed by atoms with Crippen LogP contribution in [0.5, 0.6) is 11.5 Å². The van der Waals surface area contributed by atoms with E-state index in [0.29, 0.717) is 39.5 Å². The summed E-state index contributed by atoms with van der Waals surface area (Å²) in [7, 11) is 0. The molecule has 1 aromatic heterocycles. The van der Waals surface area contributed by atoms with E-state index >= 15 is 0 Å². The standard InChI is InChI=1S/C22H17Cl3N2O2/c1-13-2-5-16(6-3-13)27-12-14(8-21(27)28)17-7-4-15(23)9-20(17)29-22-18(24)10-26-11-19(22)25/h2-7,9-11,14H,8,12H2,1H3. The minimum Gasteiger partial charge on any atom is -0.454 e. The number of aromatic nitrogens is 1. The minimum atomic E-state index is -0.0459. The zero-order valence-corrected chi connectivity index (χ0v) is 17.8. The predicted octanol–water partition coefficient (Wildman–Crippen LogP) is 6.66. The molecule has 0 radical (unpaired) electrons. The molecule has 0 N–H and O–H groups in total. The number of hydrogen-bond donors (Lipinski definition) is 0. The van der Waals surface area contributed by atoms with Gasteiger partial charge in [0.15, 0.2) is 5.75 Å². The summed E-state index contributed by atoms with van der Waals surface area (Å²) in [5.41, 5.74) is 2.91. The van der Waals surface area contributed by atoms with Crippen molar-refractivity contribution in [3.05, 3.63) is 81.1 Å². The molecule has 1 aliphatic heterocycles. The SMILES string of the molecule is Cc1ccc(N2CC(c3ccc(Cl)cc3Oc3c(Cl)cncc3Cl)CC2=O)cc1. The zero-order valence-electron chi connectivity index (χ0n) is 15.5. The zero-order chi connectivity index (χ0) is 20.5. The van der Waals surface area contributed by atoms with Crippen LogP contribution in [0.15, 0.2) is 54.9 Å². The average molecular weight is 448 g/mol. The van der Waals surface area contributed by atoms with Crippen LogP contribution in [0.25, 0.3) is 0 Å². The summed E-state index contributed by atoms with van der Waals surface area (Å²) in [4.78, 5) is 18.4. The highest BCUT2D eigenvalue weighted by atomic mass is 35.5. The average Bonchev–Trinajstić information content (AvgIpc) is 3.07. The third kappa shape index (κ3) is 4.20. The lowest BCUT2D eigenvalue weighted by molar-refractivity contribution is -0.117. The van der Waals surface area contributed by atoms with Crippen molar-refractivity contribution in [3.63, 3.8) is 0 Å². The summed E-state index contributed by atoms with van der Waals surface area (Å²) < 4.78 is 6.04. The van der Waals surface area contributed by atoms with Gasteiger partial charge < -0.3 is 9.64 Å². The fourth-order valence-corrected chi connectivity index (χ4v) is 4.03. The van der Waals surface area contributed by atoms with Gasteiger partial charge >= 0.3 is 0 Å². The number of benzene rings is 2. The molecule has 29 heavy (non-hydrogen) atoms. The molecular formula is C22H17Cl3N2O2. The van der Waals surface area contributed by atoms with Crippen LogP contribution in [0.1, 0.15) is 23.5 Å². The van der Waals surface area contributed by atoms with E-state index in [1.165, 1.54) is 12.4 Å². The summed E-state index contributed by atoms with van der Waals surface area (Å²) in [5.74, 6) is 0.859. The molecule has 1 amide bonds. The number of rotatable bonds is 4. The van der Waals surface area contributed by atoms with Crippen molar-refractivity contribution in [2.75, 3.05) is 11.4 Å². The molecule has 2 aromatic carbocycles. The lowest BCUT2D eigenvalue weighted by Gasteiger charge is -2.19. The van der Waals surface area contributed by atoms with E-state index < -0.39 is 0 Å². The van der Waals surface area contributed by atoms with E-state index in [0.717, 1.165) is 16.8 Å². The highest BCUT2D eigenvalue weighted by Gasteiger charge is 2.33. The van der Waals surface area contributed by atoms with Gasteiger partial charge in [-0.2, -0.15) is 0 Å². The van der Waals surface area contributed by atoms with Crippen molar-refractivity contribution in [1.29, 1.82) is 0 Å². The molecule has 1 unspecified atom stereocenters. The van der Waals surface area contributed by atoms with E-state index in [1.807, 2.05) is 37.3 Å². The fraction of sp³-hybridized carbons (Fsp3) is 0.182. The van der Waals surface area contributed by atoms with Crippen LogP contribution in [-0.4, -0.2) is 17.4 Å². The van der Waals surface area contributed by atoms with Crippen LogP contribution in [0.4, 0.5) is 5.69 Å². The number of hydrogen-bond acceptors (Lipinski definition) is 3. The Bertz CT molecular complexity index is 1050. The second kappa shape index (κ2) is 8.23. The fourth-order valence-electron chi connectivity index (χ4n) is 3.43. The first kappa shape index (κ1) is 20.0. The van der Waals surface area contributed by atoms with Gasteiger partial charge in [0, 0.05) is 47.6 Å². The van der Waals surface area contributed by atoms with Gasteiger partial charge in [0.05, 0.1) is 0 Å². The molecule has 0 spiro atoms. The van der Waals surface area contributed by atoms with E-state index in [2.05, 4.69) is 4.98 Å². The van der Waals surface area contributed by atoms with E-state index in [4.69, 9.17) is 39.5 Å². The maximum Gasteiger partial charge on any atom is 0.227 e. The van der Waals surface area contributed by atoms with E-state index in [-0.39, 0.29) is 11.8 Å². The summed E-state index contributed by atoms with van der Waals surface area (Å²) in [6.07, 6.45) is 3.31. The maximum atomic E-state index is 12.7. The number of ether oxygens (including phenoxy) is 1. The Hall–Kier alpha value is -2.27. The van der Waals surface area contributed by atoms with Crippen LogP contribution >= 0.6 is 34.8 Å². The number of pyridine rings is 1. The van der Waals surface area contributed by atoms with Gasteiger partial charge in [-0.05, 0) is 31.2 Å². The second-order valence-electron chi connectivity index (χ2n) is 6.96. The molecule has 1 atom stereocenters. The second-order valence-corrected chi connectivity index (χ2v) is 8.21. The maximum absolute atomic E-state index is 12.7. The third-order valence-electron chi connectivity index (χ3n) is 4.91. The molecule has 4 rings (SSSR count). The summed E-state index contributed by atoms with van der Waals surface area (Å²) in [6, 6.07) is 13.3. The van der Waals surface area contributed by atoms with Gasteiger partial charge in [0.2, 0.25) is 5.91 Å². The predicted molar refractivity (Wildman–Crippen MR) is 117 cm³/mol. The molecule has 4 nitrogen and oxygen atoms in total. The molecule has 0 bridgehead atoms. The molecule has 0 aliphatic carbocycles. The first-order chi connectivity index (χ1) is 13.9. The van der Waals surface area contributed by atoms with Gasteiger partial charge in [0.25, 0.3) is 0 Å². The molecule has 7 heteroatoms. The Morgan fingerprint density at radius 2 is 1.72 bits per heavy atom. The largest absolute Gasteiger partial charge is 0.454 e. The lowest BCUT2D eigenvalue weighted by atomic mass is 9.97. The smallest absolute Gasteiger partial charge is 0.227 e. The molecule has 1 aliphatic rings. The Balaban J connectivity index is 1.65. The first-order valence-corrected chi connectivity index (χ1v) is 10.2. The topological polar surface area (TPSA) is 42.4 Å². The van der Waals surface area contributed by atoms with Crippen LogP contribution < -0.4 is 9.64 Å². The van der Waals surface area contributed by atoms with Crippen molar-refractivity contribution in [1.82, 2.24) is 4.98 Å². The monoisotopic (exact) mass is 446 g/mol. The number of aryl methyl sites for hydroxylation is 1. The number of anilines is 1. The Kier molecular flexibility index (Phi) is 5.68. The highest BCUT2D eigenvalue weighted by Crippen LogP contribution is 2.42. The number of carbonyl (C=O) groups is 1. The van der Waals surface area contributed by atoms with Crippen LogP contribution in [0, 0.1) is 6.92 Å². The van der Waals surface area contributed by atoms with Crippen molar-refractivity contribution in [3.8, 4) is 11.5 Å². The Labute approximate surface area is 184 Å². The summed E-state index contributed by atoms with van der Waals surface area (Å²) in [6.45, 7) is 2.57. The highest BCUT2D eigenvalue weighted by molar-refractivity contribution is 6.37. The Morgan fingerprint density at radius 1 is 1.03 bits per heavy atom. The number of amides is 1. The normalized spacial score (nSPS) is 16.3. The quantitative estimate of drug-likeness (QED) is 0.449.